The fraction of sp³-hybridized carbons (Fsp3) is 0.529. The van der Waals surface area contributed by atoms with Gasteiger partial charge in [0.2, 0.25) is 11.8 Å². The number of rotatable bonds is 4. The summed E-state index contributed by atoms with van der Waals surface area (Å²) in [5.41, 5.74) is 3.16. The third kappa shape index (κ3) is 3.85. The van der Waals surface area contributed by atoms with Crippen LogP contribution in [-0.4, -0.2) is 54.8 Å². The lowest BCUT2D eigenvalue weighted by Gasteiger charge is -2.25. The summed E-state index contributed by atoms with van der Waals surface area (Å²) in [4.78, 5) is 27.9. The molecule has 0 saturated carbocycles. The first kappa shape index (κ1) is 16.5. The van der Waals surface area contributed by atoms with E-state index >= 15 is 0 Å². The molecule has 0 spiro atoms. The van der Waals surface area contributed by atoms with Crippen LogP contribution in [0, 0.1) is 13.8 Å². The lowest BCUT2D eigenvalue weighted by Crippen LogP contribution is -2.45. The van der Waals surface area contributed by atoms with E-state index < -0.39 is 0 Å². The number of amides is 2. The molecule has 0 aromatic heterocycles. The topological polar surface area (TPSA) is 52.7 Å². The molecule has 5 nitrogen and oxygen atoms in total. The highest BCUT2D eigenvalue weighted by molar-refractivity contribution is 5.93. The summed E-state index contributed by atoms with van der Waals surface area (Å²) < 4.78 is 0. The molecular formula is C17H25N3O2. The molecule has 1 aromatic carbocycles. The van der Waals surface area contributed by atoms with Crippen molar-refractivity contribution in [2.45, 2.75) is 32.7 Å². The summed E-state index contributed by atoms with van der Waals surface area (Å²) in [6.07, 6.45) is 1.79. The van der Waals surface area contributed by atoms with Crippen molar-refractivity contribution in [3.63, 3.8) is 0 Å². The minimum Gasteiger partial charge on any atom is -0.347 e. The highest BCUT2D eigenvalue weighted by atomic mass is 16.2. The quantitative estimate of drug-likeness (QED) is 0.923. The second-order valence-corrected chi connectivity index (χ2v) is 6.21. The van der Waals surface area contributed by atoms with E-state index in [9.17, 15) is 9.59 Å². The molecule has 1 aliphatic heterocycles. The van der Waals surface area contributed by atoms with Crippen LogP contribution < -0.4 is 5.32 Å². The standard InChI is InChI=1S/C17H25N3O2/c1-12-7-8-14(10-13(12)2)18-16(21)11-20-9-5-6-15(20)17(22)19(3)4/h7-8,10,15H,5-6,9,11H2,1-4H3,(H,18,21). The van der Waals surface area contributed by atoms with Gasteiger partial charge in [-0.3, -0.25) is 14.5 Å². The van der Waals surface area contributed by atoms with Gasteiger partial charge in [-0.15, -0.1) is 0 Å². The Labute approximate surface area is 132 Å². The number of anilines is 1. The number of carbonyl (C=O) groups is 2. The van der Waals surface area contributed by atoms with Crippen molar-refractivity contribution in [2.24, 2.45) is 0 Å². The van der Waals surface area contributed by atoms with Gasteiger partial charge in [0.15, 0.2) is 0 Å². The van der Waals surface area contributed by atoms with Crippen LogP contribution >= 0.6 is 0 Å². The summed E-state index contributed by atoms with van der Waals surface area (Å²) in [6, 6.07) is 5.71. The molecule has 1 fully saturated rings. The number of carbonyl (C=O) groups excluding carboxylic acids is 2. The number of likely N-dealkylation sites (tertiary alicyclic amines) is 1. The second-order valence-electron chi connectivity index (χ2n) is 6.21. The molecule has 1 saturated heterocycles. The highest BCUT2D eigenvalue weighted by Gasteiger charge is 2.32. The fourth-order valence-corrected chi connectivity index (χ4v) is 2.80. The van der Waals surface area contributed by atoms with Gasteiger partial charge in [0.05, 0.1) is 12.6 Å². The van der Waals surface area contributed by atoms with Crippen molar-refractivity contribution in [3.8, 4) is 0 Å². The molecule has 0 bridgehead atoms. The van der Waals surface area contributed by atoms with Crippen LogP contribution in [0.2, 0.25) is 0 Å². The zero-order chi connectivity index (χ0) is 16.3. The molecule has 1 N–H and O–H groups in total. The minimum absolute atomic E-state index is 0.0679. The Balaban J connectivity index is 1.96. The Bertz CT molecular complexity index is 569. The predicted molar refractivity (Wildman–Crippen MR) is 87.8 cm³/mol. The Hall–Kier alpha value is -1.88. The van der Waals surface area contributed by atoms with E-state index in [1.54, 1.807) is 19.0 Å². The van der Waals surface area contributed by atoms with E-state index in [1.807, 2.05) is 36.9 Å². The normalized spacial score (nSPS) is 18.3. The van der Waals surface area contributed by atoms with Gasteiger partial charge in [-0.05, 0) is 56.5 Å². The fourth-order valence-electron chi connectivity index (χ4n) is 2.80. The molecule has 0 aliphatic carbocycles. The van der Waals surface area contributed by atoms with Crippen LogP contribution in [0.15, 0.2) is 18.2 Å². The van der Waals surface area contributed by atoms with E-state index in [1.165, 1.54) is 5.56 Å². The Morgan fingerprint density at radius 2 is 2.00 bits per heavy atom. The van der Waals surface area contributed by atoms with E-state index in [-0.39, 0.29) is 24.4 Å². The highest BCUT2D eigenvalue weighted by Crippen LogP contribution is 2.19. The average Bonchev–Trinajstić information content (AvgIpc) is 2.89. The van der Waals surface area contributed by atoms with E-state index in [2.05, 4.69) is 5.32 Å². The lowest BCUT2D eigenvalue weighted by molar-refractivity contribution is -0.133. The van der Waals surface area contributed by atoms with Crippen molar-refractivity contribution in [3.05, 3.63) is 29.3 Å². The molecule has 1 atom stereocenters. The van der Waals surface area contributed by atoms with E-state index in [0.29, 0.717) is 0 Å². The molecular weight excluding hydrogens is 278 g/mol. The van der Waals surface area contributed by atoms with Gasteiger partial charge in [-0.2, -0.15) is 0 Å². The summed E-state index contributed by atoms with van der Waals surface area (Å²) in [6.45, 7) is 5.13. The van der Waals surface area contributed by atoms with Gasteiger partial charge >= 0.3 is 0 Å². The predicted octanol–water partition coefficient (Wildman–Crippen LogP) is 1.79. The maximum Gasteiger partial charge on any atom is 0.239 e. The smallest absolute Gasteiger partial charge is 0.239 e. The minimum atomic E-state index is -0.166. The van der Waals surface area contributed by atoms with Crippen molar-refractivity contribution < 1.29 is 9.59 Å². The molecule has 1 aromatic rings. The maximum absolute atomic E-state index is 12.2. The molecule has 22 heavy (non-hydrogen) atoms. The van der Waals surface area contributed by atoms with E-state index in [4.69, 9.17) is 0 Å². The Kier molecular flexibility index (Phi) is 5.19. The molecule has 5 heteroatoms. The van der Waals surface area contributed by atoms with Gasteiger partial charge in [-0.1, -0.05) is 6.07 Å². The first-order chi connectivity index (χ1) is 10.4. The van der Waals surface area contributed by atoms with Crippen LogP contribution in [0.1, 0.15) is 24.0 Å². The molecule has 1 unspecified atom stereocenters. The number of benzene rings is 1. The molecule has 1 heterocycles. The van der Waals surface area contributed by atoms with Gasteiger partial charge in [0.25, 0.3) is 0 Å². The monoisotopic (exact) mass is 303 g/mol. The van der Waals surface area contributed by atoms with Crippen LogP contribution in [0.25, 0.3) is 0 Å². The number of nitrogens with one attached hydrogen (secondary N) is 1. The number of likely N-dealkylation sites (N-methyl/N-ethyl adjacent to an activating group) is 1. The Morgan fingerprint density at radius 1 is 1.27 bits per heavy atom. The SMILES string of the molecule is Cc1ccc(NC(=O)CN2CCCC2C(=O)N(C)C)cc1C. The zero-order valence-electron chi connectivity index (χ0n) is 13.8. The first-order valence-corrected chi connectivity index (χ1v) is 7.71. The molecule has 2 rings (SSSR count). The summed E-state index contributed by atoms with van der Waals surface area (Å²) >= 11 is 0. The summed E-state index contributed by atoms with van der Waals surface area (Å²) in [5.74, 6) is 0.0122. The third-order valence-corrected chi connectivity index (χ3v) is 4.23. The zero-order valence-corrected chi connectivity index (χ0v) is 13.8. The number of hydrogen-bond donors (Lipinski definition) is 1. The van der Waals surface area contributed by atoms with Crippen LogP contribution in [0.4, 0.5) is 5.69 Å². The van der Waals surface area contributed by atoms with Crippen LogP contribution in [-0.2, 0) is 9.59 Å². The van der Waals surface area contributed by atoms with Gasteiger partial charge in [-0.25, -0.2) is 0 Å². The summed E-state index contributed by atoms with van der Waals surface area (Å²) in [5, 5.41) is 2.92. The van der Waals surface area contributed by atoms with Gasteiger partial charge in [0, 0.05) is 19.8 Å². The largest absolute Gasteiger partial charge is 0.347 e. The van der Waals surface area contributed by atoms with E-state index in [0.717, 1.165) is 30.6 Å². The van der Waals surface area contributed by atoms with Crippen molar-refractivity contribution in [1.82, 2.24) is 9.80 Å². The number of nitrogens with zero attached hydrogens (tertiary/aromatic N) is 2. The third-order valence-electron chi connectivity index (χ3n) is 4.23. The Morgan fingerprint density at radius 3 is 2.64 bits per heavy atom. The molecule has 0 radical (unpaired) electrons. The first-order valence-electron chi connectivity index (χ1n) is 7.71. The molecule has 2 amide bonds. The van der Waals surface area contributed by atoms with Gasteiger partial charge in [0.1, 0.15) is 0 Å². The number of hydrogen-bond acceptors (Lipinski definition) is 3. The number of aryl methyl sites for hydroxylation is 2. The molecule has 1 aliphatic rings. The van der Waals surface area contributed by atoms with Crippen molar-refractivity contribution in [1.29, 1.82) is 0 Å². The lowest BCUT2D eigenvalue weighted by atomic mass is 10.1. The van der Waals surface area contributed by atoms with Crippen LogP contribution in [0.3, 0.4) is 0 Å². The average molecular weight is 303 g/mol. The second kappa shape index (κ2) is 6.92. The maximum atomic E-state index is 12.2. The van der Waals surface area contributed by atoms with Crippen molar-refractivity contribution >= 4 is 17.5 Å². The summed E-state index contributed by atoms with van der Waals surface area (Å²) in [7, 11) is 3.52. The molecule has 120 valence electrons. The van der Waals surface area contributed by atoms with Crippen molar-refractivity contribution in [2.75, 3.05) is 32.5 Å². The van der Waals surface area contributed by atoms with Gasteiger partial charge < -0.3 is 10.2 Å². The van der Waals surface area contributed by atoms with Crippen LogP contribution in [0.5, 0.6) is 0 Å².